The van der Waals surface area contributed by atoms with Crippen LogP contribution in [0.15, 0.2) is 6.20 Å². The molecular formula is C9H7ClF2INO2. The van der Waals surface area contributed by atoms with Gasteiger partial charge in [-0.25, -0.2) is 13.6 Å². The van der Waals surface area contributed by atoms with Crippen LogP contribution in [-0.4, -0.2) is 18.1 Å². The lowest BCUT2D eigenvalue weighted by Gasteiger charge is -2.11. The fourth-order valence-electron chi connectivity index (χ4n) is 1.19. The molecule has 0 N–H and O–H groups in total. The second-order valence-corrected chi connectivity index (χ2v) is 4.20. The van der Waals surface area contributed by atoms with E-state index in [0.29, 0.717) is 3.57 Å². The number of hydrogen-bond acceptors (Lipinski definition) is 3. The normalized spacial score (nSPS) is 10.6. The molecule has 0 radical (unpaired) electrons. The van der Waals surface area contributed by atoms with Gasteiger partial charge in [-0.2, -0.15) is 0 Å². The number of hydrogen-bond donors (Lipinski definition) is 0. The Labute approximate surface area is 109 Å². The smallest absolute Gasteiger partial charge is 0.339 e. The van der Waals surface area contributed by atoms with Crippen LogP contribution in [0.1, 0.15) is 28.0 Å². The first-order valence-electron chi connectivity index (χ1n) is 4.12. The molecule has 3 nitrogen and oxygen atoms in total. The molecule has 0 spiro atoms. The van der Waals surface area contributed by atoms with Crippen molar-refractivity contribution < 1.29 is 18.3 Å². The Hall–Kier alpha value is -0.500. The maximum atomic E-state index is 12.6. The third-order valence-electron chi connectivity index (χ3n) is 1.90. The lowest BCUT2D eigenvalue weighted by molar-refractivity contribution is 0.0597. The number of pyridine rings is 1. The van der Waals surface area contributed by atoms with Crippen LogP contribution in [-0.2, 0) is 10.6 Å². The van der Waals surface area contributed by atoms with Gasteiger partial charge in [0.15, 0.2) is 0 Å². The first-order chi connectivity index (χ1) is 7.52. The van der Waals surface area contributed by atoms with E-state index in [1.54, 1.807) is 0 Å². The summed E-state index contributed by atoms with van der Waals surface area (Å²) in [5, 5.41) is 0. The number of ether oxygens (including phenoxy) is 1. The molecule has 0 atom stereocenters. The van der Waals surface area contributed by atoms with Crippen LogP contribution in [0.3, 0.4) is 0 Å². The molecule has 1 rings (SSSR count). The average molecular weight is 362 g/mol. The highest BCUT2D eigenvalue weighted by Crippen LogP contribution is 2.28. The van der Waals surface area contributed by atoms with Crippen molar-refractivity contribution in [2.45, 2.75) is 12.3 Å². The van der Waals surface area contributed by atoms with Crippen LogP contribution in [0.25, 0.3) is 0 Å². The molecule has 1 aromatic rings. The van der Waals surface area contributed by atoms with E-state index in [-0.39, 0.29) is 17.0 Å². The maximum absolute atomic E-state index is 12.6. The quantitative estimate of drug-likeness (QED) is 0.472. The molecule has 7 heteroatoms. The Morgan fingerprint density at radius 3 is 2.75 bits per heavy atom. The number of carbonyl (C=O) groups excluding carboxylic acids is 1. The summed E-state index contributed by atoms with van der Waals surface area (Å²) in [4.78, 5) is 15.0. The van der Waals surface area contributed by atoms with Crippen molar-refractivity contribution in [3.05, 3.63) is 26.6 Å². The zero-order chi connectivity index (χ0) is 12.3. The summed E-state index contributed by atoms with van der Waals surface area (Å²) in [7, 11) is 1.18. The van der Waals surface area contributed by atoms with E-state index in [1.807, 2.05) is 22.6 Å². The number of rotatable bonds is 3. The topological polar surface area (TPSA) is 39.2 Å². The van der Waals surface area contributed by atoms with Crippen molar-refractivity contribution in [3.63, 3.8) is 0 Å². The Morgan fingerprint density at radius 2 is 2.31 bits per heavy atom. The van der Waals surface area contributed by atoms with Crippen molar-refractivity contribution >= 4 is 40.2 Å². The number of nitrogens with zero attached hydrogens (tertiary/aromatic N) is 1. The Morgan fingerprint density at radius 1 is 1.69 bits per heavy atom. The highest BCUT2D eigenvalue weighted by molar-refractivity contribution is 14.1. The fourth-order valence-corrected chi connectivity index (χ4v) is 2.14. The Bertz CT molecular complexity index is 415. The molecule has 0 bridgehead atoms. The fraction of sp³-hybridized carbons (Fsp3) is 0.333. The van der Waals surface area contributed by atoms with Gasteiger partial charge in [0.05, 0.1) is 18.6 Å². The van der Waals surface area contributed by atoms with Gasteiger partial charge in [-0.05, 0) is 22.6 Å². The number of aromatic nitrogens is 1. The van der Waals surface area contributed by atoms with Crippen molar-refractivity contribution in [2.24, 2.45) is 0 Å². The van der Waals surface area contributed by atoms with Crippen LogP contribution in [0.2, 0.25) is 0 Å². The number of methoxy groups -OCH3 is 1. The molecule has 0 saturated heterocycles. The van der Waals surface area contributed by atoms with Gasteiger partial charge in [0, 0.05) is 15.3 Å². The molecule has 1 aromatic heterocycles. The van der Waals surface area contributed by atoms with E-state index in [2.05, 4.69) is 9.72 Å². The van der Waals surface area contributed by atoms with Gasteiger partial charge >= 0.3 is 5.97 Å². The van der Waals surface area contributed by atoms with Crippen LogP contribution >= 0.6 is 34.2 Å². The van der Waals surface area contributed by atoms with E-state index < -0.39 is 18.1 Å². The van der Waals surface area contributed by atoms with Gasteiger partial charge in [-0.1, -0.05) is 0 Å². The summed E-state index contributed by atoms with van der Waals surface area (Å²) < 4.78 is 30.2. The van der Waals surface area contributed by atoms with E-state index in [9.17, 15) is 13.6 Å². The number of carbonyl (C=O) groups is 1. The second kappa shape index (κ2) is 5.72. The van der Waals surface area contributed by atoms with Crippen LogP contribution in [0, 0.1) is 3.57 Å². The molecule has 0 aliphatic rings. The minimum Gasteiger partial charge on any atom is -0.465 e. The monoisotopic (exact) mass is 361 g/mol. The molecule has 16 heavy (non-hydrogen) atoms. The molecule has 0 aliphatic heterocycles. The lowest BCUT2D eigenvalue weighted by Crippen LogP contribution is -2.12. The largest absolute Gasteiger partial charge is 0.465 e. The third-order valence-corrected chi connectivity index (χ3v) is 2.98. The summed E-state index contributed by atoms with van der Waals surface area (Å²) >= 11 is 7.39. The predicted octanol–water partition coefficient (Wildman–Crippen LogP) is 3.15. The van der Waals surface area contributed by atoms with Crippen molar-refractivity contribution in [2.75, 3.05) is 7.11 Å². The summed E-state index contributed by atoms with van der Waals surface area (Å²) in [5.41, 5.74) is -0.394. The standard InChI is InChI=1S/C9H7ClF2INO2/c1-16-9(15)6-4(2-10)7(8(11)12)14-3-5(6)13/h3,8H,2H2,1H3. The van der Waals surface area contributed by atoms with Crippen molar-refractivity contribution in [1.82, 2.24) is 4.98 Å². The van der Waals surface area contributed by atoms with Gasteiger partial charge in [-0.3, -0.25) is 4.98 Å². The van der Waals surface area contributed by atoms with Gasteiger partial charge in [0.1, 0.15) is 5.69 Å². The molecule has 0 saturated carbocycles. The maximum Gasteiger partial charge on any atom is 0.339 e. The summed E-state index contributed by atoms with van der Waals surface area (Å²) in [6.07, 6.45) is -1.57. The molecule has 88 valence electrons. The minimum absolute atomic E-state index is 0.0235. The van der Waals surface area contributed by atoms with Gasteiger partial charge in [0.25, 0.3) is 6.43 Å². The summed E-state index contributed by atoms with van der Waals surface area (Å²) in [6, 6.07) is 0. The van der Waals surface area contributed by atoms with Crippen LogP contribution in [0.5, 0.6) is 0 Å². The van der Waals surface area contributed by atoms with Crippen molar-refractivity contribution in [3.8, 4) is 0 Å². The number of halogens is 4. The third kappa shape index (κ3) is 2.60. The van der Waals surface area contributed by atoms with Crippen molar-refractivity contribution in [1.29, 1.82) is 0 Å². The molecule has 0 aromatic carbocycles. The number of alkyl halides is 3. The van der Waals surface area contributed by atoms with Gasteiger partial charge in [0.2, 0.25) is 0 Å². The Kier molecular flexibility index (Phi) is 4.85. The zero-order valence-corrected chi connectivity index (χ0v) is 11.1. The SMILES string of the molecule is COC(=O)c1c(I)cnc(C(F)F)c1CCl. The molecular weight excluding hydrogens is 354 g/mol. The highest BCUT2D eigenvalue weighted by atomic mass is 127. The molecule has 0 amide bonds. The Balaban J connectivity index is 3.44. The summed E-state index contributed by atoms with van der Waals surface area (Å²) in [6.45, 7) is 0. The first-order valence-corrected chi connectivity index (χ1v) is 5.74. The number of esters is 1. The molecule has 0 aliphatic carbocycles. The second-order valence-electron chi connectivity index (χ2n) is 2.77. The lowest BCUT2D eigenvalue weighted by atomic mass is 10.1. The predicted molar refractivity (Wildman–Crippen MR) is 62.8 cm³/mol. The van der Waals surface area contributed by atoms with Crippen LogP contribution in [0.4, 0.5) is 8.78 Å². The van der Waals surface area contributed by atoms with E-state index in [0.717, 1.165) is 0 Å². The highest BCUT2D eigenvalue weighted by Gasteiger charge is 2.23. The average Bonchev–Trinajstić information content (AvgIpc) is 2.26. The summed E-state index contributed by atoms with van der Waals surface area (Å²) in [5.74, 6) is -0.905. The van der Waals surface area contributed by atoms with Crippen LogP contribution < -0.4 is 0 Å². The van der Waals surface area contributed by atoms with Gasteiger partial charge < -0.3 is 4.74 Å². The van der Waals surface area contributed by atoms with Gasteiger partial charge in [-0.15, -0.1) is 11.6 Å². The molecule has 0 unspecified atom stereocenters. The molecule has 1 heterocycles. The molecule has 0 fully saturated rings. The van der Waals surface area contributed by atoms with E-state index in [1.165, 1.54) is 13.3 Å². The minimum atomic E-state index is -2.77. The first kappa shape index (κ1) is 13.6. The van der Waals surface area contributed by atoms with E-state index >= 15 is 0 Å². The zero-order valence-electron chi connectivity index (χ0n) is 8.14. The van der Waals surface area contributed by atoms with E-state index in [4.69, 9.17) is 11.6 Å².